The highest BCUT2D eigenvalue weighted by molar-refractivity contribution is 7.98. The van der Waals surface area contributed by atoms with Gasteiger partial charge in [0, 0.05) is 22.4 Å². The van der Waals surface area contributed by atoms with Crippen LogP contribution in [-0.4, -0.2) is 24.5 Å². The second kappa shape index (κ2) is 5.25. The first-order valence-electron chi connectivity index (χ1n) is 6.18. The van der Waals surface area contributed by atoms with Crippen molar-refractivity contribution in [2.45, 2.75) is 16.9 Å². The van der Waals surface area contributed by atoms with E-state index in [-0.39, 0.29) is 0 Å². The molecule has 0 saturated carbocycles. The molecule has 19 heavy (non-hydrogen) atoms. The standard InChI is InChI=1S/C14H16N2OS2/c1-18-11-4-2-10(3-5-11)13-16-12(8-19-13)14(15)6-7-17-9-14/h2-5,8H,6-7,9,15H2,1H3. The third kappa shape index (κ3) is 2.56. The van der Waals surface area contributed by atoms with Gasteiger partial charge in [0.25, 0.3) is 0 Å². The van der Waals surface area contributed by atoms with Gasteiger partial charge in [-0.05, 0) is 24.8 Å². The Balaban J connectivity index is 1.87. The van der Waals surface area contributed by atoms with Crippen LogP contribution in [0.25, 0.3) is 10.6 Å². The molecule has 2 N–H and O–H groups in total. The number of hydrogen-bond donors (Lipinski definition) is 1. The number of benzene rings is 1. The van der Waals surface area contributed by atoms with Gasteiger partial charge >= 0.3 is 0 Å². The van der Waals surface area contributed by atoms with E-state index in [0.717, 1.165) is 29.3 Å². The highest BCUT2D eigenvalue weighted by Crippen LogP contribution is 2.32. The van der Waals surface area contributed by atoms with Crippen molar-refractivity contribution in [2.75, 3.05) is 19.5 Å². The van der Waals surface area contributed by atoms with Crippen LogP contribution in [0.3, 0.4) is 0 Å². The normalized spacial score (nSPS) is 22.8. The summed E-state index contributed by atoms with van der Waals surface area (Å²) in [5.41, 5.74) is 8.05. The van der Waals surface area contributed by atoms with Crippen LogP contribution in [0.15, 0.2) is 34.5 Å². The molecule has 1 aliphatic heterocycles. The molecule has 1 atom stereocenters. The molecular formula is C14H16N2OS2. The molecule has 1 aromatic carbocycles. The molecule has 0 radical (unpaired) electrons. The lowest BCUT2D eigenvalue weighted by Crippen LogP contribution is -2.37. The number of ether oxygens (including phenoxy) is 1. The SMILES string of the molecule is CSc1ccc(-c2nc(C3(N)CCOC3)cs2)cc1. The van der Waals surface area contributed by atoms with Gasteiger partial charge in [0.2, 0.25) is 0 Å². The quantitative estimate of drug-likeness (QED) is 0.883. The van der Waals surface area contributed by atoms with Gasteiger partial charge < -0.3 is 10.5 Å². The van der Waals surface area contributed by atoms with Crippen molar-refractivity contribution in [3.05, 3.63) is 35.3 Å². The number of thioether (sulfide) groups is 1. The average Bonchev–Trinajstić information content (AvgIpc) is 3.08. The average molecular weight is 292 g/mol. The lowest BCUT2D eigenvalue weighted by atomic mass is 9.97. The molecule has 0 spiro atoms. The Kier molecular flexibility index (Phi) is 3.62. The second-order valence-electron chi connectivity index (χ2n) is 4.73. The van der Waals surface area contributed by atoms with E-state index in [0.29, 0.717) is 6.61 Å². The fourth-order valence-corrected chi connectivity index (χ4v) is 3.49. The maximum atomic E-state index is 6.33. The van der Waals surface area contributed by atoms with Crippen LogP contribution in [0.2, 0.25) is 0 Å². The minimum absolute atomic E-state index is 0.395. The van der Waals surface area contributed by atoms with Crippen LogP contribution in [0.4, 0.5) is 0 Å². The molecule has 1 fully saturated rings. The van der Waals surface area contributed by atoms with Gasteiger partial charge in [-0.3, -0.25) is 0 Å². The lowest BCUT2D eigenvalue weighted by molar-refractivity contribution is 0.177. The van der Waals surface area contributed by atoms with Crippen LogP contribution in [0.5, 0.6) is 0 Å². The fraction of sp³-hybridized carbons (Fsp3) is 0.357. The van der Waals surface area contributed by atoms with Crippen LogP contribution >= 0.6 is 23.1 Å². The van der Waals surface area contributed by atoms with Gasteiger partial charge in [0.15, 0.2) is 0 Å². The number of nitrogens with two attached hydrogens (primary N) is 1. The Morgan fingerprint density at radius 1 is 1.37 bits per heavy atom. The monoisotopic (exact) mass is 292 g/mol. The van der Waals surface area contributed by atoms with Gasteiger partial charge in [-0.1, -0.05) is 12.1 Å². The van der Waals surface area contributed by atoms with E-state index >= 15 is 0 Å². The maximum absolute atomic E-state index is 6.33. The van der Waals surface area contributed by atoms with E-state index in [2.05, 4.69) is 35.9 Å². The molecule has 3 nitrogen and oxygen atoms in total. The molecule has 0 aliphatic carbocycles. The van der Waals surface area contributed by atoms with Gasteiger partial charge in [-0.2, -0.15) is 0 Å². The minimum Gasteiger partial charge on any atom is -0.379 e. The van der Waals surface area contributed by atoms with Gasteiger partial charge in [0.05, 0.1) is 17.8 Å². The van der Waals surface area contributed by atoms with E-state index in [4.69, 9.17) is 15.5 Å². The minimum atomic E-state index is -0.395. The van der Waals surface area contributed by atoms with Crippen LogP contribution in [-0.2, 0) is 10.3 Å². The lowest BCUT2D eigenvalue weighted by Gasteiger charge is -2.18. The molecule has 1 aliphatic rings. The van der Waals surface area contributed by atoms with E-state index in [1.165, 1.54) is 4.90 Å². The summed E-state index contributed by atoms with van der Waals surface area (Å²) >= 11 is 3.39. The summed E-state index contributed by atoms with van der Waals surface area (Å²) in [6, 6.07) is 8.47. The number of nitrogens with zero attached hydrogens (tertiary/aromatic N) is 1. The highest BCUT2D eigenvalue weighted by atomic mass is 32.2. The Bertz CT molecular complexity index is 559. The molecule has 2 heterocycles. The third-order valence-corrected chi connectivity index (χ3v) is 5.04. The molecule has 100 valence electrons. The molecule has 2 aromatic rings. The first kappa shape index (κ1) is 13.1. The molecule has 0 amide bonds. The Morgan fingerprint density at radius 3 is 2.79 bits per heavy atom. The van der Waals surface area contributed by atoms with Crippen molar-refractivity contribution < 1.29 is 4.74 Å². The fourth-order valence-electron chi connectivity index (χ4n) is 2.15. The van der Waals surface area contributed by atoms with E-state index in [9.17, 15) is 0 Å². The van der Waals surface area contributed by atoms with E-state index < -0.39 is 5.54 Å². The van der Waals surface area contributed by atoms with Gasteiger partial charge in [-0.15, -0.1) is 23.1 Å². The molecule has 5 heteroatoms. The molecule has 1 saturated heterocycles. The summed E-state index contributed by atoms with van der Waals surface area (Å²) < 4.78 is 5.40. The summed E-state index contributed by atoms with van der Waals surface area (Å²) in [7, 11) is 0. The zero-order chi connectivity index (χ0) is 13.3. The van der Waals surface area contributed by atoms with Crippen molar-refractivity contribution in [3.8, 4) is 10.6 Å². The molecule has 0 bridgehead atoms. The van der Waals surface area contributed by atoms with E-state index in [1.54, 1.807) is 23.1 Å². The maximum Gasteiger partial charge on any atom is 0.123 e. The predicted molar refractivity (Wildman–Crippen MR) is 80.6 cm³/mol. The van der Waals surface area contributed by atoms with Crippen molar-refractivity contribution >= 4 is 23.1 Å². The largest absolute Gasteiger partial charge is 0.379 e. The van der Waals surface area contributed by atoms with Crippen molar-refractivity contribution in [2.24, 2.45) is 5.73 Å². The number of thiazole rings is 1. The van der Waals surface area contributed by atoms with Gasteiger partial charge in [-0.25, -0.2) is 4.98 Å². The summed E-state index contributed by atoms with van der Waals surface area (Å²) in [6.45, 7) is 1.30. The Morgan fingerprint density at radius 2 is 2.16 bits per heavy atom. The first-order valence-corrected chi connectivity index (χ1v) is 8.29. The van der Waals surface area contributed by atoms with Crippen LogP contribution in [0.1, 0.15) is 12.1 Å². The van der Waals surface area contributed by atoms with Crippen molar-refractivity contribution in [1.29, 1.82) is 0 Å². The summed E-state index contributed by atoms with van der Waals surface area (Å²) in [5, 5.41) is 3.09. The van der Waals surface area contributed by atoms with Crippen LogP contribution < -0.4 is 5.73 Å². The third-order valence-electron chi connectivity index (χ3n) is 3.40. The molecule has 1 aromatic heterocycles. The number of aromatic nitrogens is 1. The molecule has 3 rings (SSSR count). The zero-order valence-electron chi connectivity index (χ0n) is 10.8. The van der Waals surface area contributed by atoms with Crippen molar-refractivity contribution in [3.63, 3.8) is 0 Å². The molecular weight excluding hydrogens is 276 g/mol. The number of hydrogen-bond acceptors (Lipinski definition) is 5. The topological polar surface area (TPSA) is 48.1 Å². The van der Waals surface area contributed by atoms with E-state index in [1.807, 2.05) is 0 Å². The van der Waals surface area contributed by atoms with Crippen LogP contribution in [0, 0.1) is 0 Å². The molecule has 1 unspecified atom stereocenters. The summed E-state index contributed by atoms with van der Waals surface area (Å²) in [6.07, 6.45) is 2.93. The first-order chi connectivity index (χ1) is 9.21. The second-order valence-corrected chi connectivity index (χ2v) is 6.46. The Labute approximate surface area is 121 Å². The smallest absolute Gasteiger partial charge is 0.123 e. The number of rotatable bonds is 3. The summed E-state index contributed by atoms with van der Waals surface area (Å²) in [5.74, 6) is 0. The highest BCUT2D eigenvalue weighted by Gasteiger charge is 2.34. The van der Waals surface area contributed by atoms with Gasteiger partial charge in [0.1, 0.15) is 5.01 Å². The predicted octanol–water partition coefficient (Wildman–Crippen LogP) is 3.11. The summed E-state index contributed by atoms with van der Waals surface area (Å²) in [4.78, 5) is 5.96. The van der Waals surface area contributed by atoms with Crippen molar-refractivity contribution in [1.82, 2.24) is 4.98 Å². The Hall–Kier alpha value is -0.880. The zero-order valence-corrected chi connectivity index (χ0v) is 12.4.